The van der Waals surface area contributed by atoms with Crippen LogP contribution in [0.3, 0.4) is 0 Å². The number of primary amides is 1. The number of nitrogens with one attached hydrogen (secondary N) is 3. The average molecular weight is 700 g/mol. The monoisotopic (exact) mass is 698 g/mol. The van der Waals surface area contributed by atoms with Crippen molar-refractivity contribution in [3.8, 4) is 0 Å². The first-order chi connectivity index (χ1) is 21.2. The molecule has 0 aliphatic heterocycles. The zero-order valence-corrected chi connectivity index (χ0v) is 25.9. The molecule has 1 heterocycles. The summed E-state index contributed by atoms with van der Waals surface area (Å²) >= 11 is 3.31. The Kier molecular flexibility index (Phi) is 14.5. The fraction of sp³-hybridized carbons (Fsp3) is 0.333. The van der Waals surface area contributed by atoms with Crippen LogP contribution in [0.4, 0.5) is 27.5 Å². The number of sulfonamides is 1. The zero-order chi connectivity index (χ0) is 31.8. The summed E-state index contributed by atoms with van der Waals surface area (Å²) in [6.07, 6.45) is 2.12. The average Bonchev–Trinajstić information content (AvgIpc) is 2.99. The molecule has 238 valence electrons. The van der Waals surface area contributed by atoms with Crippen molar-refractivity contribution in [2.24, 2.45) is 5.73 Å². The van der Waals surface area contributed by atoms with Crippen LogP contribution in [0, 0.1) is 5.82 Å². The second kappa shape index (κ2) is 18.3. The lowest BCUT2D eigenvalue weighted by atomic mass is 10.1. The highest BCUT2D eigenvalue weighted by Gasteiger charge is 2.17. The Morgan fingerprint density at radius 2 is 1.57 bits per heavy atom. The summed E-state index contributed by atoms with van der Waals surface area (Å²) in [6, 6.07) is 9.94. The van der Waals surface area contributed by atoms with Crippen molar-refractivity contribution in [2.45, 2.75) is 4.90 Å². The van der Waals surface area contributed by atoms with Crippen molar-refractivity contribution in [3.05, 3.63) is 64.5 Å². The summed E-state index contributed by atoms with van der Waals surface area (Å²) in [5.74, 6) is -1.33. The number of carbonyl (C=O) groups excluding carboxylic acids is 2. The molecule has 1 aromatic heterocycles. The van der Waals surface area contributed by atoms with Crippen LogP contribution >= 0.6 is 15.9 Å². The highest BCUT2D eigenvalue weighted by molar-refractivity contribution is 9.10. The maximum absolute atomic E-state index is 14.1. The van der Waals surface area contributed by atoms with E-state index >= 15 is 0 Å². The summed E-state index contributed by atoms with van der Waals surface area (Å²) in [5.41, 5.74) is 5.63. The van der Waals surface area contributed by atoms with E-state index < -0.39 is 21.7 Å². The van der Waals surface area contributed by atoms with Crippen molar-refractivity contribution in [1.29, 1.82) is 0 Å². The number of hydrogen-bond donors (Lipinski definition) is 4. The first kappa shape index (κ1) is 34.9. The molecule has 14 nitrogen and oxygen atoms in total. The lowest BCUT2D eigenvalue weighted by Gasteiger charge is -2.13. The van der Waals surface area contributed by atoms with E-state index in [0.29, 0.717) is 49.5 Å². The largest absolute Gasteiger partial charge is 0.378 e. The summed E-state index contributed by atoms with van der Waals surface area (Å²) in [6.45, 7) is 2.33. The van der Waals surface area contributed by atoms with E-state index in [-0.39, 0.29) is 54.3 Å². The minimum atomic E-state index is -3.78. The minimum Gasteiger partial charge on any atom is -0.378 e. The predicted octanol–water partition coefficient (Wildman–Crippen LogP) is 2.51. The van der Waals surface area contributed by atoms with E-state index in [1.54, 1.807) is 12.1 Å². The molecule has 0 saturated heterocycles. The highest BCUT2D eigenvalue weighted by Crippen LogP contribution is 2.28. The summed E-state index contributed by atoms with van der Waals surface area (Å²) in [7, 11) is -3.78. The lowest BCUT2D eigenvalue weighted by molar-refractivity contribution is -0.112. The van der Waals surface area contributed by atoms with Gasteiger partial charge in [-0.05, 0) is 52.3 Å². The first-order valence-electron chi connectivity index (χ1n) is 13.2. The van der Waals surface area contributed by atoms with Crippen LogP contribution in [0.25, 0.3) is 0 Å². The number of benzene rings is 2. The van der Waals surface area contributed by atoms with E-state index in [1.165, 1.54) is 30.5 Å². The number of anilines is 4. The van der Waals surface area contributed by atoms with Crippen LogP contribution in [-0.4, -0.2) is 90.0 Å². The molecular formula is C27H32BrFN6O8S. The fourth-order valence-electron chi connectivity index (χ4n) is 3.49. The number of halogens is 2. The van der Waals surface area contributed by atoms with Crippen LogP contribution in [0.5, 0.6) is 0 Å². The third-order valence-corrected chi connectivity index (χ3v) is 7.58. The molecule has 0 atom stereocenters. The second-order valence-electron chi connectivity index (χ2n) is 8.67. The molecule has 0 aliphatic carbocycles. The van der Waals surface area contributed by atoms with Gasteiger partial charge in [-0.2, -0.15) is 4.98 Å². The molecule has 17 heteroatoms. The summed E-state index contributed by atoms with van der Waals surface area (Å²) in [4.78, 5) is 30.4. The normalized spacial score (nSPS) is 11.3. The molecule has 3 rings (SSSR count). The third-order valence-electron chi connectivity index (χ3n) is 5.52. The quantitative estimate of drug-likeness (QED) is 0.0940. The van der Waals surface area contributed by atoms with Crippen LogP contribution in [0.2, 0.25) is 0 Å². The molecule has 44 heavy (non-hydrogen) atoms. The van der Waals surface area contributed by atoms with Crippen molar-refractivity contribution in [2.75, 3.05) is 70.0 Å². The molecule has 0 radical (unpaired) electrons. The molecule has 1 amide bonds. The van der Waals surface area contributed by atoms with Crippen LogP contribution in [0.1, 0.15) is 10.4 Å². The predicted molar refractivity (Wildman–Crippen MR) is 162 cm³/mol. The number of nitrogens with zero attached hydrogens (tertiary/aromatic N) is 2. The van der Waals surface area contributed by atoms with E-state index in [4.69, 9.17) is 24.7 Å². The van der Waals surface area contributed by atoms with Crippen LogP contribution in [-0.2, 0) is 33.8 Å². The molecule has 3 aromatic rings. The molecule has 0 bridgehead atoms. The molecule has 0 saturated carbocycles. The van der Waals surface area contributed by atoms with Crippen molar-refractivity contribution in [3.63, 3.8) is 0 Å². The van der Waals surface area contributed by atoms with Crippen LogP contribution < -0.4 is 21.1 Å². The molecule has 5 N–H and O–H groups in total. The molecule has 0 fully saturated rings. The van der Waals surface area contributed by atoms with Gasteiger partial charge >= 0.3 is 0 Å². The number of nitrogens with two attached hydrogens (primary N) is 1. The SMILES string of the molecule is NC(=O)c1c(F)cccc1Nc1nc(Nc2ccc(S(=O)(=O)NCCOCCOCCOCCOCC=O)cc2)ncc1Br. The van der Waals surface area contributed by atoms with Crippen molar-refractivity contribution < 1.29 is 41.3 Å². The van der Waals surface area contributed by atoms with Gasteiger partial charge in [-0.3, -0.25) is 4.79 Å². The fourth-order valence-corrected chi connectivity index (χ4v) is 4.79. The molecule has 0 aliphatic rings. The highest BCUT2D eigenvalue weighted by atomic mass is 79.9. The van der Waals surface area contributed by atoms with Crippen molar-refractivity contribution >= 4 is 61.3 Å². The Morgan fingerprint density at radius 1 is 0.932 bits per heavy atom. The number of aromatic nitrogens is 2. The number of rotatable bonds is 21. The van der Waals surface area contributed by atoms with Gasteiger partial charge in [-0.25, -0.2) is 22.5 Å². The Bertz CT molecular complexity index is 1480. The Hall–Kier alpha value is -3.58. The molecular weight excluding hydrogens is 667 g/mol. The Labute approximate surface area is 262 Å². The smallest absolute Gasteiger partial charge is 0.253 e. The van der Waals surface area contributed by atoms with Crippen molar-refractivity contribution in [1.82, 2.24) is 14.7 Å². The Morgan fingerprint density at radius 3 is 2.20 bits per heavy atom. The van der Waals surface area contributed by atoms with E-state index in [2.05, 4.69) is 41.3 Å². The van der Waals surface area contributed by atoms with Gasteiger partial charge < -0.3 is 40.1 Å². The molecule has 0 unspecified atom stereocenters. The van der Waals surface area contributed by atoms with E-state index in [1.807, 2.05) is 0 Å². The van der Waals surface area contributed by atoms with Gasteiger partial charge in [0.1, 0.15) is 24.5 Å². The van der Waals surface area contributed by atoms with E-state index in [9.17, 15) is 22.4 Å². The second-order valence-corrected chi connectivity index (χ2v) is 11.3. The third kappa shape index (κ3) is 11.5. The number of hydrogen-bond acceptors (Lipinski definition) is 12. The van der Waals surface area contributed by atoms with Gasteiger partial charge in [0.25, 0.3) is 5.91 Å². The standard InChI is InChI=1S/C27H32BrFN6O8S/c28-21-18-31-27(35-26(21)34-23-3-1-2-22(29)24(23)25(30)37)33-19-4-6-20(7-5-19)44(38,39)32-8-10-40-12-14-42-16-17-43-15-13-41-11-9-36/h1-7,9,18,32H,8,10-17H2,(H2,30,37)(H2,31,33,34,35). The summed E-state index contributed by atoms with van der Waals surface area (Å²) in [5, 5.41) is 5.83. The first-order valence-corrected chi connectivity index (χ1v) is 15.5. The Balaban J connectivity index is 1.42. The van der Waals surface area contributed by atoms with Gasteiger partial charge in [0.2, 0.25) is 16.0 Å². The minimum absolute atomic E-state index is 0.0471. The van der Waals surface area contributed by atoms with Gasteiger partial charge in [-0.15, -0.1) is 0 Å². The van der Waals surface area contributed by atoms with Gasteiger partial charge in [0, 0.05) is 18.4 Å². The topological polar surface area (TPSA) is 193 Å². The van der Waals surface area contributed by atoms with Gasteiger partial charge in [0.15, 0.2) is 0 Å². The molecule has 2 aromatic carbocycles. The van der Waals surface area contributed by atoms with Gasteiger partial charge in [-0.1, -0.05) is 6.07 Å². The van der Waals surface area contributed by atoms with E-state index in [0.717, 1.165) is 6.07 Å². The number of aldehydes is 1. The zero-order valence-electron chi connectivity index (χ0n) is 23.5. The number of amides is 1. The number of ether oxygens (including phenoxy) is 4. The molecule has 0 spiro atoms. The summed E-state index contributed by atoms with van der Waals surface area (Å²) < 4.78 is 63.2. The van der Waals surface area contributed by atoms with Crippen LogP contribution in [0.15, 0.2) is 58.0 Å². The maximum Gasteiger partial charge on any atom is 0.253 e. The lowest BCUT2D eigenvalue weighted by Crippen LogP contribution is -2.27. The van der Waals surface area contributed by atoms with Gasteiger partial charge in [0.05, 0.1) is 66.9 Å². The maximum atomic E-state index is 14.1. The number of carbonyl (C=O) groups is 2.